The Morgan fingerprint density at radius 1 is 1.00 bits per heavy atom. The number of hydrogen-bond acceptors (Lipinski definition) is 4. The fourth-order valence-corrected chi connectivity index (χ4v) is 4.91. The highest BCUT2D eigenvalue weighted by Crippen LogP contribution is 2.36. The summed E-state index contributed by atoms with van der Waals surface area (Å²) in [6.07, 6.45) is -3.10. The van der Waals surface area contributed by atoms with Gasteiger partial charge in [-0.25, -0.2) is 4.98 Å². The molecule has 0 amide bonds. The molecule has 0 spiro atoms. The van der Waals surface area contributed by atoms with Crippen molar-refractivity contribution < 1.29 is 17.9 Å². The second-order valence-corrected chi connectivity index (χ2v) is 11.3. The summed E-state index contributed by atoms with van der Waals surface area (Å²) in [5.74, 6) is 0.621. The molecule has 1 heterocycles. The van der Waals surface area contributed by atoms with E-state index < -0.39 is 17.3 Å². The Morgan fingerprint density at radius 2 is 1.68 bits per heavy atom. The molecule has 0 N–H and O–H groups in total. The minimum atomic E-state index is -4.55. The number of fused-ring (bicyclic) bond motifs is 1. The van der Waals surface area contributed by atoms with E-state index in [4.69, 9.17) is 4.74 Å². The van der Waals surface area contributed by atoms with Gasteiger partial charge in [-0.2, -0.15) is 22.9 Å². The molecular formula is C27H22Br2F3N3O2. The van der Waals surface area contributed by atoms with E-state index in [9.17, 15) is 18.0 Å². The number of nitrogens with zero attached hydrogens (tertiary/aromatic N) is 3. The summed E-state index contributed by atoms with van der Waals surface area (Å²) in [7, 11) is 0. The molecule has 5 nitrogen and oxygen atoms in total. The molecule has 0 aliphatic heterocycles. The Labute approximate surface area is 228 Å². The number of ether oxygens (including phenoxy) is 1. The number of benzene rings is 3. The molecule has 3 aromatic carbocycles. The van der Waals surface area contributed by atoms with Crippen LogP contribution < -0.4 is 10.3 Å². The van der Waals surface area contributed by atoms with E-state index in [0.29, 0.717) is 37.8 Å². The topological polar surface area (TPSA) is 56.5 Å². The number of aromatic nitrogens is 2. The first-order chi connectivity index (χ1) is 17.3. The maximum absolute atomic E-state index is 13.4. The van der Waals surface area contributed by atoms with Gasteiger partial charge < -0.3 is 4.74 Å². The SMILES string of the molecule is CC(C)(C)COc1c(Br)cc(C=Nn2c(-c3cccc(C(F)(F)F)c3)nc3ccccc3c2=O)cc1Br. The molecular weight excluding hydrogens is 615 g/mol. The molecule has 192 valence electrons. The van der Waals surface area contributed by atoms with Crippen molar-refractivity contribution in [1.82, 2.24) is 9.66 Å². The molecule has 0 saturated carbocycles. The maximum Gasteiger partial charge on any atom is 0.416 e. The van der Waals surface area contributed by atoms with Gasteiger partial charge in [0.2, 0.25) is 0 Å². The van der Waals surface area contributed by atoms with Crippen LogP contribution in [0.2, 0.25) is 0 Å². The van der Waals surface area contributed by atoms with Gasteiger partial charge in [0, 0.05) is 5.56 Å². The first kappa shape index (κ1) is 27.1. The Balaban J connectivity index is 1.81. The Bertz CT molecular complexity index is 1530. The summed E-state index contributed by atoms with van der Waals surface area (Å²) < 4.78 is 48.4. The van der Waals surface area contributed by atoms with E-state index in [1.807, 2.05) is 0 Å². The van der Waals surface area contributed by atoms with Crippen LogP contribution >= 0.6 is 31.9 Å². The predicted molar refractivity (Wildman–Crippen MR) is 146 cm³/mol. The van der Waals surface area contributed by atoms with Gasteiger partial charge in [-0.3, -0.25) is 4.79 Å². The Kier molecular flexibility index (Phi) is 7.62. The monoisotopic (exact) mass is 635 g/mol. The van der Waals surface area contributed by atoms with Crippen LogP contribution in [0.5, 0.6) is 5.75 Å². The van der Waals surface area contributed by atoms with Crippen LogP contribution in [0.4, 0.5) is 13.2 Å². The van der Waals surface area contributed by atoms with E-state index in [-0.39, 0.29) is 16.8 Å². The molecule has 1 aromatic heterocycles. The van der Waals surface area contributed by atoms with Crippen molar-refractivity contribution in [3.8, 4) is 17.1 Å². The molecule has 0 unspecified atom stereocenters. The smallest absolute Gasteiger partial charge is 0.416 e. The van der Waals surface area contributed by atoms with E-state index in [2.05, 4.69) is 62.7 Å². The summed E-state index contributed by atoms with van der Waals surface area (Å²) in [5, 5.41) is 4.64. The maximum atomic E-state index is 13.4. The number of hydrogen-bond donors (Lipinski definition) is 0. The summed E-state index contributed by atoms with van der Waals surface area (Å²) in [4.78, 5) is 17.8. The van der Waals surface area contributed by atoms with Crippen molar-refractivity contribution in [2.45, 2.75) is 26.9 Å². The Morgan fingerprint density at radius 3 is 2.32 bits per heavy atom. The van der Waals surface area contributed by atoms with Crippen LogP contribution in [-0.4, -0.2) is 22.5 Å². The molecule has 10 heteroatoms. The third kappa shape index (κ3) is 6.30. The fraction of sp³-hybridized carbons (Fsp3) is 0.222. The number of alkyl halides is 3. The van der Waals surface area contributed by atoms with Crippen molar-refractivity contribution in [3.63, 3.8) is 0 Å². The van der Waals surface area contributed by atoms with Gasteiger partial charge in [0.1, 0.15) is 5.75 Å². The second kappa shape index (κ2) is 10.4. The van der Waals surface area contributed by atoms with Gasteiger partial charge >= 0.3 is 6.18 Å². The molecule has 37 heavy (non-hydrogen) atoms. The molecule has 0 atom stereocenters. The zero-order valence-corrected chi connectivity index (χ0v) is 23.3. The average molecular weight is 637 g/mol. The van der Waals surface area contributed by atoms with Gasteiger partial charge in [-0.05, 0) is 79.2 Å². The van der Waals surface area contributed by atoms with Gasteiger partial charge in [-0.15, -0.1) is 0 Å². The average Bonchev–Trinajstić information content (AvgIpc) is 2.81. The first-order valence-corrected chi connectivity index (χ1v) is 12.8. The van der Waals surface area contributed by atoms with Crippen LogP contribution in [0.25, 0.3) is 22.3 Å². The fourth-order valence-electron chi connectivity index (χ4n) is 3.46. The summed E-state index contributed by atoms with van der Waals surface area (Å²) >= 11 is 7.03. The van der Waals surface area contributed by atoms with Crippen molar-refractivity contribution in [2.24, 2.45) is 10.5 Å². The lowest BCUT2D eigenvalue weighted by molar-refractivity contribution is -0.137. The standard InChI is InChI=1S/C27H22Br2F3N3O2/c1-26(2,3)15-37-23-20(28)11-16(12-21(23)29)14-33-35-24(17-7-6-8-18(13-17)27(30,31)32)34-22-10-5-4-9-19(22)25(35)36/h4-14H,15H2,1-3H3. The molecule has 4 rings (SSSR count). The van der Waals surface area contributed by atoms with E-state index in [0.717, 1.165) is 16.8 Å². The molecule has 0 saturated heterocycles. The number of rotatable bonds is 5. The van der Waals surface area contributed by atoms with Gasteiger partial charge in [0.05, 0.1) is 38.2 Å². The summed E-state index contributed by atoms with van der Waals surface area (Å²) in [5.41, 5.74) is -0.292. The van der Waals surface area contributed by atoms with Crippen LogP contribution in [0, 0.1) is 5.41 Å². The molecule has 0 aliphatic carbocycles. The highest BCUT2D eigenvalue weighted by atomic mass is 79.9. The van der Waals surface area contributed by atoms with Gasteiger partial charge in [0.25, 0.3) is 5.56 Å². The normalized spacial score (nSPS) is 12.4. The van der Waals surface area contributed by atoms with Crippen LogP contribution in [0.15, 0.2) is 79.5 Å². The summed E-state index contributed by atoms with van der Waals surface area (Å²) in [6.45, 7) is 6.68. The zero-order valence-electron chi connectivity index (χ0n) is 20.1. The van der Waals surface area contributed by atoms with Crippen molar-refractivity contribution in [3.05, 3.63) is 91.1 Å². The van der Waals surface area contributed by atoms with Gasteiger partial charge in [0.15, 0.2) is 5.82 Å². The lowest BCUT2D eigenvalue weighted by Gasteiger charge is -2.20. The van der Waals surface area contributed by atoms with Crippen LogP contribution in [-0.2, 0) is 6.18 Å². The van der Waals surface area contributed by atoms with E-state index >= 15 is 0 Å². The van der Waals surface area contributed by atoms with Crippen molar-refractivity contribution in [2.75, 3.05) is 6.61 Å². The lowest BCUT2D eigenvalue weighted by atomic mass is 9.99. The van der Waals surface area contributed by atoms with E-state index in [1.54, 1.807) is 36.4 Å². The van der Waals surface area contributed by atoms with Crippen LogP contribution in [0.3, 0.4) is 0 Å². The summed E-state index contributed by atoms with van der Waals surface area (Å²) in [6, 6.07) is 14.8. The lowest BCUT2D eigenvalue weighted by Crippen LogP contribution is -2.20. The van der Waals surface area contributed by atoms with E-state index in [1.165, 1.54) is 18.3 Å². The first-order valence-electron chi connectivity index (χ1n) is 11.2. The third-order valence-corrected chi connectivity index (χ3v) is 6.37. The molecule has 0 bridgehead atoms. The molecule has 0 fully saturated rings. The number of halogens is 5. The Hall–Kier alpha value is -2.98. The van der Waals surface area contributed by atoms with Crippen molar-refractivity contribution in [1.29, 1.82) is 0 Å². The minimum absolute atomic E-state index is 0.00527. The largest absolute Gasteiger partial charge is 0.491 e. The van der Waals surface area contributed by atoms with Crippen LogP contribution in [0.1, 0.15) is 31.9 Å². The predicted octanol–water partition coefficient (Wildman–Crippen LogP) is 7.91. The van der Waals surface area contributed by atoms with Crippen molar-refractivity contribution >= 4 is 49.0 Å². The molecule has 4 aromatic rings. The second-order valence-electron chi connectivity index (χ2n) is 9.56. The molecule has 0 radical (unpaired) electrons. The minimum Gasteiger partial charge on any atom is -0.491 e. The molecule has 0 aliphatic rings. The highest BCUT2D eigenvalue weighted by molar-refractivity contribution is 9.11. The number of para-hydroxylation sites is 1. The van der Waals surface area contributed by atoms with Gasteiger partial charge in [-0.1, -0.05) is 45.0 Å². The third-order valence-electron chi connectivity index (χ3n) is 5.19. The highest BCUT2D eigenvalue weighted by Gasteiger charge is 2.31. The zero-order chi connectivity index (χ0) is 27.0. The quantitative estimate of drug-likeness (QED) is 0.209.